The fourth-order valence-corrected chi connectivity index (χ4v) is 3.83. The van der Waals surface area contributed by atoms with E-state index in [0.29, 0.717) is 6.61 Å². The number of H-pyrrole nitrogens is 1. The molecular weight excluding hydrogens is 420 g/mol. The molecule has 5 aromatic rings. The molecule has 1 N–H and O–H groups in total. The number of nitrogens with one attached hydrogen (secondary N) is 1. The lowest BCUT2D eigenvalue weighted by Crippen LogP contribution is -1.97. The van der Waals surface area contributed by atoms with E-state index in [2.05, 4.69) is 82.4 Å². The van der Waals surface area contributed by atoms with E-state index in [1.807, 2.05) is 48.6 Å². The third-order valence-corrected chi connectivity index (χ3v) is 5.77. The summed E-state index contributed by atoms with van der Waals surface area (Å²) >= 11 is 0. The molecule has 0 unspecified atom stereocenters. The highest BCUT2D eigenvalue weighted by atomic mass is 16.5. The van der Waals surface area contributed by atoms with Crippen LogP contribution in [0, 0.1) is 6.92 Å². The fourth-order valence-electron chi connectivity index (χ4n) is 3.83. The molecule has 0 aliphatic heterocycles. The summed E-state index contributed by atoms with van der Waals surface area (Å²) in [6.07, 6.45) is 12.1. The van der Waals surface area contributed by atoms with E-state index in [1.165, 1.54) is 10.9 Å². The number of aromatic nitrogens is 4. The smallest absolute Gasteiger partial charge is 0.130 e. The molecule has 5 nitrogen and oxygen atoms in total. The van der Waals surface area contributed by atoms with Crippen LogP contribution in [0.1, 0.15) is 33.8 Å². The molecule has 0 saturated carbocycles. The van der Waals surface area contributed by atoms with Crippen LogP contribution in [0.4, 0.5) is 0 Å². The first-order chi connectivity index (χ1) is 16.6. The van der Waals surface area contributed by atoms with Crippen molar-refractivity contribution in [3.63, 3.8) is 0 Å². The molecule has 0 fully saturated rings. The molecule has 3 aromatic heterocycles. The minimum Gasteiger partial charge on any atom is -0.487 e. The Kier molecular flexibility index (Phi) is 6.08. The van der Waals surface area contributed by atoms with Gasteiger partial charge in [-0.1, -0.05) is 36.4 Å². The van der Waals surface area contributed by atoms with Crippen LogP contribution < -0.4 is 4.74 Å². The summed E-state index contributed by atoms with van der Waals surface area (Å²) in [5.41, 5.74) is 7.39. The molecule has 0 radical (unpaired) electrons. The SMILES string of the molecule is Cc1cc(OCc2ccccn2)ccc1C=Cc1cc(C=Cc2ccc3ccn(C)c3c2)[nH]n1. The number of pyridine rings is 1. The van der Waals surface area contributed by atoms with Crippen molar-refractivity contribution in [3.05, 3.63) is 113 Å². The summed E-state index contributed by atoms with van der Waals surface area (Å²) in [5, 5.41) is 8.75. The molecule has 0 atom stereocenters. The maximum Gasteiger partial charge on any atom is 0.130 e. The Morgan fingerprint density at radius 2 is 1.88 bits per heavy atom. The first kappa shape index (κ1) is 21.5. The van der Waals surface area contributed by atoms with Crippen LogP contribution in [0.2, 0.25) is 0 Å². The summed E-state index contributed by atoms with van der Waals surface area (Å²) < 4.78 is 8.00. The van der Waals surface area contributed by atoms with Gasteiger partial charge in [0.25, 0.3) is 0 Å². The molecule has 0 bridgehead atoms. The minimum absolute atomic E-state index is 0.456. The Labute approximate surface area is 199 Å². The number of benzene rings is 2. The molecule has 3 heterocycles. The van der Waals surface area contributed by atoms with E-state index < -0.39 is 0 Å². The van der Waals surface area contributed by atoms with Crippen LogP contribution in [0.3, 0.4) is 0 Å². The zero-order valence-electron chi connectivity index (χ0n) is 19.3. The van der Waals surface area contributed by atoms with Crippen molar-refractivity contribution in [1.29, 1.82) is 0 Å². The van der Waals surface area contributed by atoms with Gasteiger partial charge in [-0.2, -0.15) is 5.10 Å². The second kappa shape index (κ2) is 9.63. The molecule has 5 heteroatoms. The van der Waals surface area contributed by atoms with E-state index in [-0.39, 0.29) is 0 Å². The first-order valence-corrected chi connectivity index (χ1v) is 11.2. The number of fused-ring (bicyclic) bond motifs is 1. The van der Waals surface area contributed by atoms with Gasteiger partial charge in [0.15, 0.2) is 0 Å². The molecule has 5 rings (SSSR count). The average molecular weight is 447 g/mol. The molecule has 0 aliphatic rings. The number of rotatable bonds is 7. The lowest BCUT2D eigenvalue weighted by molar-refractivity contribution is 0.301. The molecule has 0 spiro atoms. The number of nitrogens with zero attached hydrogens (tertiary/aromatic N) is 3. The number of hydrogen-bond acceptors (Lipinski definition) is 3. The van der Waals surface area contributed by atoms with Gasteiger partial charge in [-0.05, 0) is 83.6 Å². The van der Waals surface area contributed by atoms with Crippen LogP contribution in [-0.2, 0) is 13.7 Å². The number of ether oxygens (including phenoxy) is 1. The van der Waals surface area contributed by atoms with Gasteiger partial charge in [0.05, 0.1) is 17.1 Å². The fraction of sp³-hybridized carbons (Fsp3) is 0.103. The number of hydrogen-bond donors (Lipinski definition) is 1. The van der Waals surface area contributed by atoms with Crippen LogP contribution >= 0.6 is 0 Å². The highest BCUT2D eigenvalue weighted by Crippen LogP contribution is 2.21. The average Bonchev–Trinajstić information content (AvgIpc) is 3.48. The Morgan fingerprint density at radius 1 is 0.941 bits per heavy atom. The summed E-state index contributed by atoms with van der Waals surface area (Å²) in [6.45, 7) is 2.54. The predicted molar refractivity (Wildman–Crippen MR) is 139 cm³/mol. The maximum absolute atomic E-state index is 5.87. The number of aryl methyl sites for hydroxylation is 2. The van der Waals surface area contributed by atoms with Crippen LogP contribution in [-0.4, -0.2) is 19.7 Å². The molecule has 34 heavy (non-hydrogen) atoms. The Morgan fingerprint density at radius 3 is 2.74 bits per heavy atom. The summed E-state index contributed by atoms with van der Waals surface area (Å²) in [5.74, 6) is 0.834. The third kappa shape index (κ3) is 4.99. The Bertz CT molecular complexity index is 1470. The highest BCUT2D eigenvalue weighted by molar-refractivity contribution is 5.84. The quantitative estimate of drug-likeness (QED) is 0.309. The summed E-state index contributed by atoms with van der Waals surface area (Å²) in [6, 6.07) is 22.5. The van der Waals surface area contributed by atoms with E-state index in [1.54, 1.807) is 6.20 Å². The zero-order chi connectivity index (χ0) is 23.3. The van der Waals surface area contributed by atoms with Crippen molar-refractivity contribution in [2.75, 3.05) is 0 Å². The first-order valence-electron chi connectivity index (χ1n) is 11.2. The third-order valence-electron chi connectivity index (χ3n) is 5.77. The van der Waals surface area contributed by atoms with Gasteiger partial charge < -0.3 is 9.30 Å². The lowest BCUT2D eigenvalue weighted by Gasteiger charge is -2.08. The van der Waals surface area contributed by atoms with E-state index in [4.69, 9.17) is 4.74 Å². The van der Waals surface area contributed by atoms with Crippen molar-refractivity contribution in [2.24, 2.45) is 7.05 Å². The van der Waals surface area contributed by atoms with Gasteiger partial charge in [-0.3, -0.25) is 10.1 Å². The van der Waals surface area contributed by atoms with Gasteiger partial charge in [0, 0.05) is 25.0 Å². The van der Waals surface area contributed by atoms with Crippen molar-refractivity contribution in [3.8, 4) is 5.75 Å². The maximum atomic E-state index is 5.87. The van der Waals surface area contributed by atoms with E-state index in [9.17, 15) is 0 Å². The van der Waals surface area contributed by atoms with Gasteiger partial charge in [0.1, 0.15) is 12.4 Å². The Balaban J connectivity index is 1.23. The second-order valence-electron chi connectivity index (χ2n) is 8.29. The van der Waals surface area contributed by atoms with Crippen molar-refractivity contribution >= 4 is 35.2 Å². The molecule has 168 valence electrons. The van der Waals surface area contributed by atoms with Crippen LogP contribution in [0.15, 0.2) is 79.1 Å². The van der Waals surface area contributed by atoms with Crippen LogP contribution in [0.5, 0.6) is 5.75 Å². The molecule has 2 aromatic carbocycles. The number of aromatic amines is 1. The summed E-state index contributed by atoms with van der Waals surface area (Å²) in [7, 11) is 2.06. The lowest BCUT2D eigenvalue weighted by atomic mass is 10.1. The van der Waals surface area contributed by atoms with Crippen LogP contribution in [0.25, 0.3) is 35.2 Å². The van der Waals surface area contributed by atoms with Crippen molar-refractivity contribution in [2.45, 2.75) is 13.5 Å². The van der Waals surface area contributed by atoms with Gasteiger partial charge in [-0.15, -0.1) is 0 Å². The predicted octanol–water partition coefficient (Wildman–Crippen LogP) is 6.52. The standard InChI is InChI=1S/C29H26N4O/c1-21-17-28(34-20-27-5-3-4-15-30-27)13-10-23(21)9-12-26-19-25(31-32-26)11-7-22-6-8-24-14-16-33(2)29(24)18-22/h3-19H,20H2,1-2H3,(H,31,32). The van der Waals surface area contributed by atoms with Gasteiger partial charge in [0.2, 0.25) is 0 Å². The monoisotopic (exact) mass is 446 g/mol. The molecular formula is C29H26N4O. The van der Waals surface area contributed by atoms with Gasteiger partial charge in [-0.25, -0.2) is 0 Å². The minimum atomic E-state index is 0.456. The normalized spacial score (nSPS) is 11.7. The van der Waals surface area contributed by atoms with Gasteiger partial charge >= 0.3 is 0 Å². The topological polar surface area (TPSA) is 55.7 Å². The second-order valence-corrected chi connectivity index (χ2v) is 8.29. The Hall–Kier alpha value is -4.38. The summed E-state index contributed by atoms with van der Waals surface area (Å²) in [4.78, 5) is 4.29. The van der Waals surface area contributed by atoms with E-state index in [0.717, 1.165) is 39.5 Å². The molecule has 0 amide bonds. The van der Waals surface area contributed by atoms with E-state index >= 15 is 0 Å². The molecule has 0 aliphatic carbocycles. The zero-order valence-corrected chi connectivity index (χ0v) is 19.3. The highest BCUT2D eigenvalue weighted by Gasteiger charge is 2.02. The molecule has 0 saturated heterocycles. The van der Waals surface area contributed by atoms with Crippen molar-refractivity contribution in [1.82, 2.24) is 19.7 Å². The van der Waals surface area contributed by atoms with Crippen molar-refractivity contribution < 1.29 is 4.74 Å². The largest absolute Gasteiger partial charge is 0.487 e.